The van der Waals surface area contributed by atoms with Crippen molar-refractivity contribution in [3.8, 4) is 11.4 Å². The molecule has 2 heterocycles. The molecule has 0 bridgehead atoms. The van der Waals surface area contributed by atoms with Gasteiger partial charge in [-0.15, -0.1) is 0 Å². The van der Waals surface area contributed by atoms with Gasteiger partial charge in [-0.1, -0.05) is 53.4 Å². The van der Waals surface area contributed by atoms with E-state index in [0.717, 1.165) is 35.6 Å². The fraction of sp³-hybridized carbons (Fsp3) is 0.500. The second-order valence-electron chi connectivity index (χ2n) is 5.79. The van der Waals surface area contributed by atoms with Gasteiger partial charge >= 0.3 is 0 Å². The lowest BCUT2D eigenvalue weighted by Crippen LogP contribution is -2.30. The van der Waals surface area contributed by atoms with Crippen LogP contribution in [0.15, 0.2) is 28.7 Å². The van der Waals surface area contributed by atoms with Crippen LogP contribution in [0.25, 0.3) is 11.4 Å². The summed E-state index contributed by atoms with van der Waals surface area (Å²) in [5.41, 5.74) is 1.04. The molecule has 3 rings (SSSR count). The van der Waals surface area contributed by atoms with Gasteiger partial charge in [-0.05, 0) is 44.2 Å². The van der Waals surface area contributed by atoms with Crippen molar-refractivity contribution in [2.75, 3.05) is 13.1 Å². The third kappa shape index (κ3) is 3.86. The van der Waals surface area contributed by atoms with Gasteiger partial charge in [0.1, 0.15) is 0 Å². The Balaban J connectivity index is 1.77. The minimum Gasteiger partial charge on any atom is -0.284 e. The number of H-pyrrole nitrogens is 1. The Kier molecular flexibility index (Phi) is 5.44. The summed E-state index contributed by atoms with van der Waals surface area (Å²) in [6.07, 6.45) is 6.61. The van der Waals surface area contributed by atoms with Crippen LogP contribution in [0.1, 0.15) is 32.1 Å². The molecule has 1 aliphatic heterocycles. The van der Waals surface area contributed by atoms with Gasteiger partial charge in [-0.3, -0.25) is 10.00 Å². The Morgan fingerprint density at radius 2 is 1.77 bits per heavy atom. The van der Waals surface area contributed by atoms with Gasteiger partial charge in [0.25, 0.3) is 0 Å². The summed E-state index contributed by atoms with van der Waals surface area (Å²) in [5.74, 6) is 0.824. The Hall–Kier alpha value is -0.980. The lowest BCUT2D eigenvalue weighted by atomic mass is 10.1. The van der Waals surface area contributed by atoms with E-state index in [4.69, 9.17) is 12.2 Å². The number of aromatic nitrogens is 3. The highest BCUT2D eigenvalue weighted by Crippen LogP contribution is 2.25. The number of benzene rings is 1. The predicted octanol–water partition coefficient (Wildman–Crippen LogP) is 4.59. The summed E-state index contributed by atoms with van der Waals surface area (Å²) in [6.45, 7) is 3.09. The fourth-order valence-corrected chi connectivity index (χ4v) is 3.55. The van der Waals surface area contributed by atoms with Gasteiger partial charge in [-0.25, -0.2) is 4.68 Å². The van der Waals surface area contributed by atoms with Crippen LogP contribution in [0.3, 0.4) is 0 Å². The highest BCUT2D eigenvalue weighted by molar-refractivity contribution is 9.10. The molecule has 0 atom stereocenters. The van der Waals surface area contributed by atoms with E-state index in [1.807, 2.05) is 28.9 Å². The second kappa shape index (κ2) is 7.53. The molecule has 0 unspecified atom stereocenters. The van der Waals surface area contributed by atoms with Crippen molar-refractivity contribution in [2.45, 2.75) is 38.8 Å². The SMILES string of the molecule is S=c1nc(-c2ccccc2Br)[nH]n1CN1CCCCCCC1. The maximum atomic E-state index is 5.42. The molecule has 118 valence electrons. The van der Waals surface area contributed by atoms with Crippen LogP contribution in [0.5, 0.6) is 0 Å². The van der Waals surface area contributed by atoms with Crippen LogP contribution in [0.2, 0.25) is 0 Å². The summed E-state index contributed by atoms with van der Waals surface area (Å²) in [4.78, 5) is 6.98. The lowest BCUT2D eigenvalue weighted by Gasteiger charge is -2.24. The number of nitrogens with zero attached hydrogens (tertiary/aromatic N) is 3. The Labute approximate surface area is 144 Å². The summed E-state index contributed by atoms with van der Waals surface area (Å²) < 4.78 is 3.62. The zero-order valence-electron chi connectivity index (χ0n) is 12.6. The van der Waals surface area contributed by atoms with E-state index in [0.29, 0.717) is 4.77 Å². The molecule has 0 aliphatic carbocycles. The van der Waals surface area contributed by atoms with Gasteiger partial charge in [0.2, 0.25) is 4.77 Å². The van der Waals surface area contributed by atoms with Crippen molar-refractivity contribution >= 4 is 28.1 Å². The molecule has 22 heavy (non-hydrogen) atoms. The normalized spacial score (nSPS) is 17.1. The molecule has 1 aliphatic rings. The van der Waals surface area contributed by atoms with E-state index < -0.39 is 0 Å². The first-order chi connectivity index (χ1) is 10.7. The molecule has 1 fully saturated rings. The largest absolute Gasteiger partial charge is 0.284 e. The first kappa shape index (κ1) is 15.9. The number of hydrogen-bond donors (Lipinski definition) is 1. The van der Waals surface area contributed by atoms with E-state index >= 15 is 0 Å². The van der Waals surface area contributed by atoms with Crippen molar-refractivity contribution < 1.29 is 0 Å². The van der Waals surface area contributed by atoms with Crippen LogP contribution in [0.4, 0.5) is 0 Å². The number of likely N-dealkylation sites (tertiary alicyclic amines) is 1. The van der Waals surface area contributed by atoms with E-state index in [9.17, 15) is 0 Å². The summed E-state index contributed by atoms with van der Waals surface area (Å²) >= 11 is 8.99. The van der Waals surface area contributed by atoms with Crippen LogP contribution in [-0.4, -0.2) is 32.8 Å². The number of rotatable bonds is 3. The van der Waals surface area contributed by atoms with E-state index in [1.54, 1.807) is 0 Å². The molecule has 1 aromatic carbocycles. The molecule has 1 saturated heterocycles. The topological polar surface area (TPSA) is 36.9 Å². The van der Waals surface area contributed by atoms with Gasteiger partial charge < -0.3 is 0 Å². The molecule has 4 nitrogen and oxygen atoms in total. The Morgan fingerprint density at radius 3 is 2.50 bits per heavy atom. The second-order valence-corrected chi connectivity index (χ2v) is 7.01. The zero-order chi connectivity index (χ0) is 15.4. The Bertz CT molecular complexity index is 671. The molecule has 1 aromatic heterocycles. The highest BCUT2D eigenvalue weighted by Gasteiger charge is 2.12. The quantitative estimate of drug-likeness (QED) is 0.790. The van der Waals surface area contributed by atoms with Gasteiger partial charge in [0.15, 0.2) is 5.82 Å². The first-order valence-corrected chi connectivity index (χ1v) is 9.08. The first-order valence-electron chi connectivity index (χ1n) is 7.88. The van der Waals surface area contributed by atoms with Crippen molar-refractivity contribution in [3.05, 3.63) is 33.5 Å². The van der Waals surface area contributed by atoms with Crippen molar-refractivity contribution in [1.29, 1.82) is 0 Å². The maximum Gasteiger partial charge on any atom is 0.217 e. The van der Waals surface area contributed by atoms with Crippen LogP contribution >= 0.6 is 28.1 Å². The number of nitrogens with one attached hydrogen (secondary N) is 1. The van der Waals surface area contributed by atoms with Crippen LogP contribution < -0.4 is 0 Å². The van der Waals surface area contributed by atoms with E-state index in [1.165, 1.54) is 32.1 Å². The van der Waals surface area contributed by atoms with Crippen LogP contribution in [-0.2, 0) is 6.67 Å². The highest BCUT2D eigenvalue weighted by atomic mass is 79.9. The monoisotopic (exact) mass is 380 g/mol. The van der Waals surface area contributed by atoms with Gasteiger partial charge in [-0.2, -0.15) is 4.98 Å². The number of hydrogen-bond acceptors (Lipinski definition) is 3. The Morgan fingerprint density at radius 1 is 1.09 bits per heavy atom. The molecule has 0 spiro atoms. The van der Waals surface area contributed by atoms with Gasteiger partial charge in [0, 0.05) is 10.0 Å². The minimum absolute atomic E-state index is 0.618. The molecule has 2 aromatic rings. The number of halogens is 1. The number of aromatic amines is 1. The average Bonchev–Trinajstić information content (AvgIpc) is 2.83. The molecule has 6 heteroatoms. The third-order valence-corrected chi connectivity index (χ3v) is 5.10. The minimum atomic E-state index is 0.618. The summed E-state index contributed by atoms with van der Waals surface area (Å²) in [6, 6.07) is 8.06. The maximum absolute atomic E-state index is 5.42. The van der Waals surface area contributed by atoms with Crippen molar-refractivity contribution in [3.63, 3.8) is 0 Å². The molecule has 0 saturated carbocycles. The summed E-state index contributed by atoms with van der Waals surface area (Å²) in [5, 5.41) is 3.35. The van der Waals surface area contributed by atoms with Crippen molar-refractivity contribution in [2.24, 2.45) is 0 Å². The van der Waals surface area contributed by atoms with Crippen molar-refractivity contribution in [1.82, 2.24) is 19.7 Å². The van der Waals surface area contributed by atoms with E-state index in [-0.39, 0.29) is 0 Å². The zero-order valence-corrected chi connectivity index (χ0v) is 15.0. The predicted molar refractivity (Wildman–Crippen MR) is 95.2 cm³/mol. The molecule has 0 radical (unpaired) electrons. The third-order valence-electron chi connectivity index (χ3n) is 4.10. The summed E-state index contributed by atoms with van der Waals surface area (Å²) in [7, 11) is 0. The van der Waals surface area contributed by atoms with E-state index in [2.05, 4.69) is 30.9 Å². The molecule has 0 amide bonds. The molecule has 1 N–H and O–H groups in total. The standard InChI is InChI=1S/C16H21BrN4S/c17-14-9-5-4-8-13(14)15-18-16(22)21(19-15)12-20-10-6-2-1-3-7-11-20/h4-5,8-9H,1-3,6-7,10-12H2,(H,18,19,22). The fourth-order valence-electron chi connectivity index (χ4n) is 2.88. The lowest BCUT2D eigenvalue weighted by molar-refractivity contribution is 0.188. The smallest absolute Gasteiger partial charge is 0.217 e. The van der Waals surface area contributed by atoms with Crippen LogP contribution in [0, 0.1) is 4.77 Å². The van der Waals surface area contributed by atoms with Gasteiger partial charge in [0.05, 0.1) is 6.67 Å². The molecular weight excluding hydrogens is 360 g/mol. The average molecular weight is 381 g/mol. The molecular formula is C16H21BrN4S.